The van der Waals surface area contributed by atoms with Gasteiger partial charge in [-0.1, -0.05) is 53.0 Å². The van der Waals surface area contributed by atoms with Gasteiger partial charge in [0.05, 0.1) is 6.20 Å². The summed E-state index contributed by atoms with van der Waals surface area (Å²) in [6.45, 7) is 2.04. The van der Waals surface area contributed by atoms with Crippen molar-refractivity contribution in [1.29, 1.82) is 0 Å². The molecule has 0 atom stereocenters. The van der Waals surface area contributed by atoms with Gasteiger partial charge in [-0.3, -0.25) is 4.40 Å². The number of halogens is 2. The van der Waals surface area contributed by atoms with E-state index in [-0.39, 0.29) is 0 Å². The average molecular weight is 278 g/mol. The first kappa shape index (κ1) is 11.5. The van der Waals surface area contributed by atoms with Gasteiger partial charge >= 0.3 is 0 Å². The van der Waals surface area contributed by atoms with Gasteiger partial charge in [0, 0.05) is 11.6 Å². The number of imidazole rings is 1. The molecule has 0 N–H and O–H groups in total. The highest BCUT2D eigenvalue weighted by atomic mass is 35.5. The van der Waals surface area contributed by atoms with Gasteiger partial charge < -0.3 is 0 Å². The molecule has 18 heavy (non-hydrogen) atoms. The summed E-state index contributed by atoms with van der Waals surface area (Å²) in [7, 11) is 0. The van der Waals surface area contributed by atoms with Crippen LogP contribution in [0.1, 0.15) is 5.56 Å². The summed E-state index contributed by atoms with van der Waals surface area (Å²) >= 11 is 12.1. The Morgan fingerprint density at radius 1 is 1.11 bits per heavy atom. The van der Waals surface area contributed by atoms with E-state index in [2.05, 4.69) is 9.97 Å². The number of hydrogen-bond acceptors (Lipinski definition) is 2. The molecule has 0 unspecified atom stereocenters. The van der Waals surface area contributed by atoms with E-state index in [0.29, 0.717) is 16.0 Å². The third-order valence-electron chi connectivity index (χ3n) is 2.73. The van der Waals surface area contributed by atoms with Crippen molar-refractivity contribution in [3.05, 3.63) is 52.4 Å². The van der Waals surface area contributed by atoms with Crippen LogP contribution in [-0.2, 0) is 0 Å². The standard InChI is InChI=1S/C13H9Cl2N3/c1-8-2-4-9(5-3-8)13-16-7-12-17-10(14)6-11(15)18(12)13/h2-7H,1H3. The first-order chi connectivity index (χ1) is 8.65. The first-order valence-electron chi connectivity index (χ1n) is 5.42. The monoisotopic (exact) mass is 277 g/mol. The van der Waals surface area contributed by atoms with Crippen LogP contribution in [0.3, 0.4) is 0 Å². The van der Waals surface area contributed by atoms with E-state index in [1.807, 2.05) is 31.2 Å². The molecule has 2 aromatic heterocycles. The first-order valence-corrected chi connectivity index (χ1v) is 6.17. The van der Waals surface area contributed by atoms with Crippen molar-refractivity contribution in [3.63, 3.8) is 0 Å². The Kier molecular flexibility index (Phi) is 2.73. The molecule has 3 aromatic rings. The topological polar surface area (TPSA) is 30.2 Å². The molecule has 5 heteroatoms. The number of nitrogens with zero attached hydrogens (tertiary/aromatic N) is 3. The van der Waals surface area contributed by atoms with Crippen LogP contribution >= 0.6 is 23.2 Å². The Balaban J connectivity index is 2.27. The molecule has 3 rings (SSSR count). The Bertz CT molecular complexity index is 717. The van der Waals surface area contributed by atoms with Gasteiger partial charge in [0.15, 0.2) is 5.65 Å². The van der Waals surface area contributed by atoms with E-state index in [4.69, 9.17) is 23.2 Å². The lowest BCUT2D eigenvalue weighted by molar-refractivity contribution is 1.12. The van der Waals surface area contributed by atoms with Gasteiger partial charge in [0.2, 0.25) is 0 Å². The fourth-order valence-corrected chi connectivity index (χ4v) is 2.36. The largest absolute Gasteiger partial charge is 0.266 e. The second-order valence-corrected chi connectivity index (χ2v) is 4.82. The fraction of sp³-hybridized carbons (Fsp3) is 0.0769. The van der Waals surface area contributed by atoms with Gasteiger partial charge in [-0.2, -0.15) is 0 Å². The molecule has 0 aliphatic carbocycles. The van der Waals surface area contributed by atoms with Crippen molar-refractivity contribution in [1.82, 2.24) is 14.4 Å². The highest BCUT2D eigenvalue weighted by Gasteiger charge is 2.10. The summed E-state index contributed by atoms with van der Waals surface area (Å²) in [4.78, 5) is 8.54. The molecule has 0 radical (unpaired) electrons. The summed E-state index contributed by atoms with van der Waals surface area (Å²) in [6, 6.07) is 9.70. The van der Waals surface area contributed by atoms with E-state index >= 15 is 0 Å². The van der Waals surface area contributed by atoms with Gasteiger partial charge in [-0.05, 0) is 6.92 Å². The van der Waals surface area contributed by atoms with Gasteiger partial charge in [0.25, 0.3) is 0 Å². The molecule has 0 fully saturated rings. The van der Waals surface area contributed by atoms with Crippen LogP contribution in [0.2, 0.25) is 10.3 Å². The number of aryl methyl sites for hydroxylation is 1. The van der Waals surface area contributed by atoms with E-state index in [1.54, 1.807) is 16.7 Å². The number of hydrogen-bond donors (Lipinski definition) is 0. The molecule has 0 amide bonds. The Hall–Kier alpha value is -1.58. The Labute approximate surface area is 114 Å². The van der Waals surface area contributed by atoms with E-state index in [0.717, 1.165) is 11.4 Å². The highest BCUT2D eigenvalue weighted by molar-refractivity contribution is 6.33. The van der Waals surface area contributed by atoms with Crippen LogP contribution < -0.4 is 0 Å². The van der Waals surface area contributed by atoms with Crippen LogP contribution in [0.5, 0.6) is 0 Å². The predicted molar refractivity (Wildman–Crippen MR) is 73.2 cm³/mol. The zero-order valence-corrected chi connectivity index (χ0v) is 11.1. The molecule has 0 spiro atoms. The van der Waals surface area contributed by atoms with Crippen molar-refractivity contribution in [2.45, 2.75) is 6.92 Å². The third kappa shape index (κ3) is 1.85. The van der Waals surface area contributed by atoms with Gasteiger partial charge in [0.1, 0.15) is 16.1 Å². The predicted octanol–water partition coefficient (Wildman–Crippen LogP) is 4.01. The molecule has 1 aromatic carbocycles. The zero-order chi connectivity index (χ0) is 12.7. The second kappa shape index (κ2) is 4.26. The molecule has 0 aliphatic rings. The summed E-state index contributed by atoms with van der Waals surface area (Å²) < 4.78 is 1.78. The summed E-state index contributed by atoms with van der Waals surface area (Å²) in [5, 5.41) is 0.862. The molecular weight excluding hydrogens is 269 g/mol. The van der Waals surface area contributed by atoms with Crippen LogP contribution in [0, 0.1) is 6.92 Å². The molecule has 0 saturated carbocycles. The molecular formula is C13H9Cl2N3. The molecule has 0 bridgehead atoms. The smallest absolute Gasteiger partial charge is 0.159 e. The summed E-state index contributed by atoms with van der Waals surface area (Å²) in [6.07, 6.45) is 1.66. The van der Waals surface area contributed by atoms with E-state index in [9.17, 15) is 0 Å². The van der Waals surface area contributed by atoms with Crippen molar-refractivity contribution in [2.24, 2.45) is 0 Å². The SMILES string of the molecule is Cc1ccc(-c2ncc3nc(Cl)cc(Cl)n23)cc1. The van der Waals surface area contributed by atoms with Crippen LogP contribution in [0.25, 0.3) is 17.0 Å². The average Bonchev–Trinajstić information content (AvgIpc) is 2.74. The molecule has 3 nitrogen and oxygen atoms in total. The van der Waals surface area contributed by atoms with Crippen molar-refractivity contribution >= 4 is 28.8 Å². The summed E-state index contributed by atoms with van der Waals surface area (Å²) in [5.41, 5.74) is 2.83. The Morgan fingerprint density at radius 2 is 1.83 bits per heavy atom. The normalized spacial score (nSPS) is 11.1. The molecule has 0 aliphatic heterocycles. The van der Waals surface area contributed by atoms with Crippen molar-refractivity contribution < 1.29 is 0 Å². The Morgan fingerprint density at radius 3 is 2.56 bits per heavy atom. The lowest BCUT2D eigenvalue weighted by atomic mass is 10.1. The number of aromatic nitrogens is 3. The maximum atomic E-state index is 6.19. The molecule has 0 saturated heterocycles. The number of fused-ring (bicyclic) bond motifs is 1. The fourth-order valence-electron chi connectivity index (χ4n) is 1.84. The lowest BCUT2D eigenvalue weighted by Gasteiger charge is -2.04. The molecule has 90 valence electrons. The zero-order valence-electron chi connectivity index (χ0n) is 9.56. The lowest BCUT2D eigenvalue weighted by Crippen LogP contribution is -1.93. The van der Waals surface area contributed by atoms with Gasteiger partial charge in [-0.15, -0.1) is 0 Å². The van der Waals surface area contributed by atoms with Crippen molar-refractivity contribution in [3.8, 4) is 11.4 Å². The quantitative estimate of drug-likeness (QED) is 0.629. The van der Waals surface area contributed by atoms with E-state index < -0.39 is 0 Å². The maximum Gasteiger partial charge on any atom is 0.159 e. The van der Waals surface area contributed by atoms with E-state index in [1.165, 1.54) is 5.56 Å². The van der Waals surface area contributed by atoms with Crippen molar-refractivity contribution in [2.75, 3.05) is 0 Å². The maximum absolute atomic E-state index is 6.19. The number of benzene rings is 1. The second-order valence-electron chi connectivity index (χ2n) is 4.04. The number of rotatable bonds is 1. The van der Waals surface area contributed by atoms with Crippen LogP contribution in [0.4, 0.5) is 0 Å². The molecule has 2 heterocycles. The van der Waals surface area contributed by atoms with Crippen LogP contribution in [0.15, 0.2) is 36.5 Å². The highest BCUT2D eigenvalue weighted by Crippen LogP contribution is 2.25. The van der Waals surface area contributed by atoms with Crippen LogP contribution in [-0.4, -0.2) is 14.4 Å². The summed E-state index contributed by atoms with van der Waals surface area (Å²) in [5.74, 6) is 0.763. The minimum atomic E-state index is 0.364. The third-order valence-corrected chi connectivity index (χ3v) is 3.20. The van der Waals surface area contributed by atoms with Gasteiger partial charge in [-0.25, -0.2) is 9.97 Å². The minimum absolute atomic E-state index is 0.364. The minimum Gasteiger partial charge on any atom is -0.266 e.